The van der Waals surface area contributed by atoms with Gasteiger partial charge < -0.3 is 5.43 Å². The van der Waals surface area contributed by atoms with Gasteiger partial charge in [-0.1, -0.05) is 11.6 Å². The molecule has 4 N–H and O–H groups in total. The molecule has 0 saturated heterocycles. The molecule has 1 heterocycles. The predicted octanol–water partition coefficient (Wildman–Crippen LogP) is 1.96. The third-order valence-corrected chi connectivity index (χ3v) is 4.02. The van der Waals surface area contributed by atoms with E-state index in [1.165, 1.54) is 24.3 Å². The van der Waals surface area contributed by atoms with Crippen molar-refractivity contribution in [3.63, 3.8) is 0 Å². The molecule has 2 rings (SSSR count). The van der Waals surface area contributed by atoms with E-state index >= 15 is 0 Å². The standard InChI is InChI=1S/C11H10ClFN4O2S/c12-9-5-7(1-3-10(9)13)17-20(18,19)8-2-4-11(16-14)15-6-8/h1-6,17H,14H2,(H,15,16). The summed E-state index contributed by atoms with van der Waals surface area (Å²) in [5.74, 6) is 4.83. The minimum absolute atomic E-state index is 0.0584. The zero-order valence-corrected chi connectivity index (χ0v) is 11.5. The van der Waals surface area contributed by atoms with Crippen molar-refractivity contribution < 1.29 is 12.8 Å². The van der Waals surface area contributed by atoms with Crippen LogP contribution in [0.5, 0.6) is 0 Å². The van der Waals surface area contributed by atoms with Crippen molar-refractivity contribution in [1.82, 2.24) is 4.98 Å². The van der Waals surface area contributed by atoms with Gasteiger partial charge in [-0.3, -0.25) is 4.72 Å². The van der Waals surface area contributed by atoms with E-state index in [4.69, 9.17) is 17.4 Å². The van der Waals surface area contributed by atoms with Crippen molar-refractivity contribution in [3.05, 3.63) is 47.4 Å². The maximum Gasteiger partial charge on any atom is 0.263 e. The lowest BCUT2D eigenvalue weighted by atomic mass is 10.3. The van der Waals surface area contributed by atoms with E-state index in [0.717, 1.165) is 12.3 Å². The van der Waals surface area contributed by atoms with Crippen LogP contribution in [0.15, 0.2) is 41.4 Å². The van der Waals surface area contributed by atoms with Crippen LogP contribution in [0.1, 0.15) is 0 Å². The number of nitrogen functional groups attached to an aromatic ring is 1. The van der Waals surface area contributed by atoms with E-state index in [0.29, 0.717) is 5.82 Å². The molecule has 0 spiro atoms. The fourth-order valence-corrected chi connectivity index (χ4v) is 2.57. The molecular weight excluding hydrogens is 307 g/mol. The number of halogens is 2. The molecule has 0 radical (unpaired) electrons. The van der Waals surface area contributed by atoms with E-state index in [1.807, 2.05) is 0 Å². The Morgan fingerprint density at radius 1 is 1.25 bits per heavy atom. The van der Waals surface area contributed by atoms with Gasteiger partial charge in [-0.25, -0.2) is 23.6 Å². The monoisotopic (exact) mass is 316 g/mol. The summed E-state index contributed by atoms with van der Waals surface area (Å²) in [5, 5.41) is -0.175. The topological polar surface area (TPSA) is 97.1 Å². The maximum absolute atomic E-state index is 13.0. The van der Waals surface area contributed by atoms with Gasteiger partial charge in [-0.15, -0.1) is 0 Å². The number of pyridine rings is 1. The highest BCUT2D eigenvalue weighted by Crippen LogP contribution is 2.22. The number of nitrogens with two attached hydrogens (primary N) is 1. The second kappa shape index (κ2) is 5.61. The summed E-state index contributed by atoms with van der Waals surface area (Å²) in [5.41, 5.74) is 2.43. The van der Waals surface area contributed by atoms with Crippen LogP contribution in [0, 0.1) is 5.82 Å². The van der Waals surface area contributed by atoms with E-state index in [2.05, 4.69) is 15.1 Å². The Kier molecular flexibility index (Phi) is 4.07. The van der Waals surface area contributed by atoms with Crippen LogP contribution in [-0.4, -0.2) is 13.4 Å². The highest BCUT2D eigenvalue weighted by molar-refractivity contribution is 7.92. The van der Waals surface area contributed by atoms with Crippen molar-refractivity contribution >= 4 is 33.1 Å². The normalized spacial score (nSPS) is 11.2. The lowest BCUT2D eigenvalue weighted by molar-refractivity contribution is 0.600. The molecule has 0 fully saturated rings. The van der Waals surface area contributed by atoms with Gasteiger partial charge in [-0.2, -0.15) is 0 Å². The van der Waals surface area contributed by atoms with Crippen LogP contribution in [0.25, 0.3) is 0 Å². The number of hydrazine groups is 1. The summed E-state index contributed by atoms with van der Waals surface area (Å²) in [6.45, 7) is 0. The summed E-state index contributed by atoms with van der Waals surface area (Å²) in [7, 11) is -3.83. The van der Waals surface area contributed by atoms with Crippen molar-refractivity contribution in [1.29, 1.82) is 0 Å². The van der Waals surface area contributed by atoms with Gasteiger partial charge in [0.2, 0.25) is 0 Å². The van der Waals surface area contributed by atoms with Gasteiger partial charge in [-0.05, 0) is 30.3 Å². The van der Waals surface area contributed by atoms with Crippen LogP contribution in [0.4, 0.5) is 15.9 Å². The van der Waals surface area contributed by atoms with E-state index < -0.39 is 15.8 Å². The largest absolute Gasteiger partial charge is 0.308 e. The zero-order valence-electron chi connectivity index (χ0n) is 9.97. The molecule has 20 heavy (non-hydrogen) atoms. The smallest absolute Gasteiger partial charge is 0.263 e. The highest BCUT2D eigenvalue weighted by atomic mass is 35.5. The number of benzene rings is 1. The number of hydrogen-bond donors (Lipinski definition) is 3. The molecule has 0 saturated carbocycles. The Balaban J connectivity index is 2.27. The average molecular weight is 317 g/mol. The third-order valence-electron chi connectivity index (χ3n) is 2.37. The summed E-state index contributed by atoms with van der Waals surface area (Å²) in [4.78, 5) is 3.74. The van der Waals surface area contributed by atoms with Gasteiger partial charge >= 0.3 is 0 Å². The predicted molar refractivity (Wildman–Crippen MR) is 74.3 cm³/mol. The molecule has 0 amide bonds. The summed E-state index contributed by atoms with van der Waals surface area (Å²) in [6.07, 6.45) is 1.14. The molecule has 1 aromatic carbocycles. The van der Waals surface area contributed by atoms with Crippen LogP contribution in [-0.2, 0) is 10.0 Å². The van der Waals surface area contributed by atoms with E-state index in [1.54, 1.807) is 0 Å². The lowest BCUT2D eigenvalue weighted by Gasteiger charge is -2.08. The molecule has 0 aliphatic rings. The number of aromatic nitrogens is 1. The Morgan fingerprint density at radius 3 is 2.55 bits per heavy atom. The molecule has 6 nitrogen and oxygen atoms in total. The number of rotatable bonds is 4. The van der Waals surface area contributed by atoms with Crippen LogP contribution in [0.2, 0.25) is 5.02 Å². The molecule has 0 aliphatic carbocycles. The fraction of sp³-hybridized carbons (Fsp3) is 0. The molecule has 9 heteroatoms. The molecule has 2 aromatic rings. The Bertz CT molecular complexity index is 722. The highest BCUT2D eigenvalue weighted by Gasteiger charge is 2.15. The molecule has 106 valence electrons. The van der Waals surface area contributed by atoms with Crippen LogP contribution < -0.4 is 16.0 Å². The van der Waals surface area contributed by atoms with Gasteiger partial charge in [0.15, 0.2) is 0 Å². The zero-order chi connectivity index (χ0) is 14.8. The first-order valence-electron chi connectivity index (χ1n) is 5.33. The number of sulfonamides is 1. The molecule has 0 bridgehead atoms. The number of anilines is 2. The number of nitrogens with one attached hydrogen (secondary N) is 2. The van der Waals surface area contributed by atoms with Gasteiger partial charge in [0, 0.05) is 6.20 Å². The Morgan fingerprint density at radius 2 is 2.00 bits per heavy atom. The average Bonchev–Trinajstić information content (AvgIpc) is 2.43. The first-order valence-corrected chi connectivity index (χ1v) is 7.19. The van der Waals surface area contributed by atoms with Gasteiger partial charge in [0.05, 0.1) is 10.7 Å². The Labute approximate surface area is 119 Å². The van der Waals surface area contributed by atoms with E-state index in [9.17, 15) is 12.8 Å². The van der Waals surface area contributed by atoms with Gasteiger partial charge in [0.1, 0.15) is 16.5 Å². The lowest BCUT2D eigenvalue weighted by Crippen LogP contribution is -2.14. The Hall–Kier alpha value is -1.90. The quantitative estimate of drug-likeness (QED) is 0.592. The first kappa shape index (κ1) is 14.5. The first-order chi connectivity index (χ1) is 9.42. The third kappa shape index (κ3) is 3.16. The summed E-state index contributed by atoms with van der Waals surface area (Å²) in [6, 6.07) is 6.25. The minimum Gasteiger partial charge on any atom is -0.308 e. The second-order valence-electron chi connectivity index (χ2n) is 3.76. The van der Waals surface area contributed by atoms with Crippen molar-refractivity contribution in [2.24, 2.45) is 5.84 Å². The second-order valence-corrected chi connectivity index (χ2v) is 5.85. The van der Waals surface area contributed by atoms with E-state index in [-0.39, 0.29) is 15.6 Å². The SMILES string of the molecule is NNc1ccc(S(=O)(=O)Nc2ccc(F)c(Cl)c2)cn1. The minimum atomic E-state index is -3.83. The molecular formula is C11H10ClFN4O2S. The maximum atomic E-state index is 13.0. The summed E-state index contributed by atoms with van der Waals surface area (Å²) >= 11 is 5.58. The number of hydrogen-bond acceptors (Lipinski definition) is 5. The van der Waals surface area contributed by atoms with Crippen molar-refractivity contribution in [2.45, 2.75) is 4.90 Å². The molecule has 0 atom stereocenters. The molecule has 0 aliphatic heterocycles. The molecule has 0 unspecified atom stereocenters. The van der Waals surface area contributed by atoms with Crippen molar-refractivity contribution in [3.8, 4) is 0 Å². The fourth-order valence-electron chi connectivity index (χ4n) is 1.40. The van der Waals surface area contributed by atoms with Crippen molar-refractivity contribution in [2.75, 3.05) is 10.1 Å². The van der Waals surface area contributed by atoms with Crippen LogP contribution >= 0.6 is 11.6 Å². The summed E-state index contributed by atoms with van der Waals surface area (Å²) < 4.78 is 39.4. The number of nitrogens with zero attached hydrogens (tertiary/aromatic N) is 1. The van der Waals surface area contributed by atoms with Gasteiger partial charge in [0.25, 0.3) is 10.0 Å². The molecule has 1 aromatic heterocycles. The van der Waals surface area contributed by atoms with Crippen LogP contribution in [0.3, 0.4) is 0 Å².